The smallest absolute Gasteiger partial charge is 0.0793 e. The van der Waals surface area contributed by atoms with Gasteiger partial charge in [0.2, 0.25) is 0 Å². The van der Waals surface area contributed by atoms with Crippen molar-refractivity contribution >= 4 is 0 Å². The number of likely N-dealkylation sites (N-methyl/N-ethyl adjacent to an activating group) is 2. The highest BCUT2D eigenvalue weighted by Crippen LogP contribution is 2.23. The molecule has 1 N–H and O–H groups in total. The summed E-state index contributed by atoms with van der Waals surface area (Å²) >= 11 is 0. The van der Waals surface area contributed by atoms with Crippen LogP contribution in [0.1, 0.15) is 23.1 Å². The van der Waals surface area contributed by atoms with Crippen LogP contribution in [-0.2, 0) is 19.4 Å². The van der Waals surface area contributed by atoms with E-state index in [1.165, 1.54) is 23.1 Å². The number of fused-ring (bicyclic) bond motifs is 1. The van der Waals surface area contributed by atoms with Crippen LogP contribution in [0.25, 0.3) is 0 Å². The molecule has 3 heteroatoms. The van der Waals surface area contributed by atoms with Crippen molar-refractivity contribution < 1.29 is 5.11 Å². The fourth-order valence-electron chi connectivity index (χ4n) is 3.91. The van der Waals surface area contributed by atoms with Crippen LogP contribution >= 0.6 is 0 Å². The molecule has 1 aliphatic carbocycles. The van der Waals surface area contributed by atoms with E-state index >= 15 is 0 Å². The van der Waals surface area contributed by atoms with E-state index in [-0.39, 0.29) is 6.10 Å². The van der Waals surface area contributed by atoms with Gasteiger partial charge in [0.1, 0.15) is 0 Å². The Labute approximate surface area is 151 Å². The third kappa shape index (κ3) is 5.15. The van der Waals surface area contributed by atoms with Crippen LogP contribution in [0, 0.1) is 0 Å². The van der Waals surface area contributed by atoms with Gasteiger partial charge in [-0.3, -0.25) is 4.90 Å². The van der Waals surface area contributed by atoms with Crippen molar-refractivity contribution in [3.8, 4) is 0 Å². The molecule has 2 aromatic rings. The summed E-state index contributed by atoms with van der Waals surface area (Å²) < 4.78 is 0. The first-order valence-electron chi connectivity index (χ1n) is 9.29. The van der Waals surface area contributed by atoms with Gasteiger partial charge in [-0.1, -0.05) is 54.6 Å². The number of benzene rings is 2. The first-order chi connectivity index (χ1) is 12.1. The number of rotatable bonds is 7. The highest BCUT2D eigenvalue weighted by molar-refractivity contribution is 5.30. The van der Waals surface area contributed by atoms with Crippen molar-refractivity contribution in [3.63, 3.8) is 0 Å². The van der Waals surface area contributed by atoms with E-state index in [1.807, 2.05) is 6.07 Å². The summed E-state index contributed by atoms with van der Waals surface area (Å²) in [5, 5.41) is 10.5. The summed E-state index contributed by atoms with van der Waals surface area (Å²) in [6, 6.07) is 19.7. The molecule has 0 spiro atoms. The molecule has 0 heterocycles. The maximum Gasteiger partial charge on any atom is 0.0793 e. The zero-order valence-electron chi connectivity index (χ0n) is 15.4. The van der Waals surface area contributed by atoms with Crippen molar-refractivity contribution in [2.24, 2.45) is 0 Å². The third-order valence-corrected chi connectivity index (χ3v) is 5.26. The first kappa shape index (κ1) is 18.1. The van der Waals surface area contributed by atoms with E-state index in [1.54, 1.807) is 0 Å². The lowest BCUT2D eigenvalue weighted by atomic mass is 9.87. The molecule has 0 fully saturated rings. The molecular weight excluding hydrogens is 308 g/mol. The van der Waals surface area contributed by atoms with Crippen LogP contribution in [0.15, 0.2) is 54.6 Å². The Bertz CT molecular complexity index is 658. The molecule has 3 nitrogen and oxygen atoms in total. The molecule has 2 unspecified atom stereocenters. The van der Waals surface area contributed by atoms with Crippen LogP contribution < -0.4 is 0 Å². The van der Waals surface area contributed by atoms with E-state index in [4.69, 9.17) is 0 Å². The fourth-order valence-corrected chi connectivity index (χ4v) is 3.91. The zero-order chi connectivity index (χ0) is 17.6. The lowest BCUT2D eigenvalue weighted by Gasteiger charge is -2.34. The zero-order valence-corrected chi connectivity index (χ0v) is 15.4. The van der Waals surface area contributed by atoms with Crippen LogP contribution in [0.5, 0.6) is 0 Å². The number of nitrogens with zero attached hydrogens (tertiary/aromatic N) is 2. The Balaban J connectivity index is 1.47. The van der Waals surface area contributed by atoms with Gasteiger partial charge in [0, 0.05) is 25.7 Å². The standard InChI is InChI=1S/C22H30N2O/c1-23(15-18-8-4-3-5-9-18)16-22(25)17-24(2)21-13-12-19-10-6-7-11-20(19)14-21/h3-11,21-22,25H,12-17H2,1-2H3. The van der Waals surface area contributed by atoms with Crippen LogP contribution in [0.2, 0.25) is 0 Å². The predicted molar refractivity (Wildman–Crippen MR) is 104 cm³/mol. The van der Waals surface area contributed by atoms with E-state index in [9.17, 15) is 5.11 Å². The van der Waals surface area contributed by atoms with Gasteiger partial charge in [0.05, 0.1) is 6.10 Å². The Morgan fingerprint density at radius 1 is 0.960 bits per heavy atom. The summed E-state index contributed by atoms with van der Waals surface area (Å²) in [5.41, 5.74) is 4.26. The van der Waals surface area contributed by atoms with E-state index in [0.717, 1.165) is 25.9 Å². The average molecular weight is 338 g/mol. The second-order valence-electron chi connectivity index (χ2n) is 7.44. The summed E-state index contributed by atoms with van der Waals surface area (Å²) in [6.45, 7) is 2.30. The van der Waals surface area contributed by atoms with Crippen molar-refractivity contribution in [2.75, 3.05) is 27.2 Å². The monoisotopic (exact) mass is 338 g/mol. The minimum atomic E-state index is -0.323. The van der Waals surface area contributed by atoms with Gasteiger partial charge in [0.25, 0.3) is 0 Å². The number of hydrogen-bond acceptors (Lipinski definition) is 3. The van der Waals surface area contributed by atoms with Gasteiger partial charge >= 0.3 is 0 Å². The Kier molecular flexibility index (Phi) is 6.24. The van der Waals surface area contributed by atoms with Crippen LogP contribution in [0.4, 0.5) is 0 Å². The molecule has 0 saturated heterocycles. The van der Waals surface area contributed by atoms with E-state index in [2.05, 4.69) is 72.4 Å². The highest BCUT2D eigenvalue weighted by atomic mass is 16.3. The lowest BCUT2D eigenvalue weighted by molar-refractivity contribution is 0.0712. The number of aliphatic hydroxyl groups excluding tert-OH is 1. The lowest BCUT2D eigenvalue weighted by Crippen LogP contribution is -2.43. The molecule has 0 bridgehead atoms. The topological polar surface area (TPSA) is 26.7 Å². The van der Waals surface area contributed by atoms with E-state index in [0.29, 0.717) is 12.6 Å². The Hall–Kier alpha value is -1.68. The molecule has 0 aromatic heterocycles. The van der Waals surface area contributed by atoms with Gasteiger partial charge in [0.15, 0.2) is 0 Å². The Morgan fingerprint density at radius 2 is 1.64 bits per heavy atom. The second kappa shape index (κ2) is 8.61. The maximum atomic E-state index is 10.5. The van der Waals surface area contributed by atoms with Crippen molar-refractivity contribution in [2.45, 2.75) is 38.0 Å². The number of aryl methyl sites for hydroxylation is 1. The number of aliphatic hydroxyl groups is 1. The normalized spacial score (nSPS) is 18.4. The highest BCUT2D eigenvalue weighted by Gasteiger charge is 2.23. The maximum absolute atomic E-state index is 10.5. The van der Waals surface area contributed by atoms with Gasteiger partial charge in [-0.05, 0) is 50.0 Å². The molecule has 2 atom stereocenters. The van der Waals surface area contributed by atoms with Crippen molar-refractivity contribution in [3.05, 3.63) is 71.3 Å². The molecule has 3 rings (SSSR count). The van der Waals surface area contributed by atoms with Gasteiger partial charge in [-0.25, -0.2) is 0 Å². The Morgan fingerprint density at radius 3 is 2.40 bits per heavy atom. The average Bonchev–Trinajstić information content (AvgIpc) is 2.61. The van der Waals surface area contributed by atoms with Crippen LogP contribution in [0.3, 0.4) is 0 Å². The molecule has 1 aliphatic rings. The minimum Gasteiger partial charge on any atom is -0.390 e. The second-order valence-corrected chi connectivity index (χ2v) is 7.44. The summed E-state index contributed by atoms with van der Waals surface area (Å²) in [5.74, 6) is 0. The van der Waals surface area contributed by atoms with Gasteiger partial charge in [-0.15, -0.1) is 0 Å². The molecule has 0 amide bonds. The summed E-state index contributed by atoms with van der Waals surface area (Å²) in [7, 11) is 4.23. The van der Waals surface area contributed by atoms with Crippen molar-refractivity contribution in [1.29, 1.82) is 0 Å². The molecule has 25 heavy (non-hydrogen) atoms. The van der Waals surface area contributed by atoms with Gasteiger partial charge < -0.3 is 10.0 Å². The van der Waals surface area contributed by atoms with Crippen molar-refractivity contribution in [1.82, 2.24) is 9.80 Å². The van der Waals surface area contributed by atoms with Gasteiger partial charge in [-0.2, -0.15) is 0 Å². The molecule has 0 radical (unpaired) electrons. The molecule has 0 aliphatic heterocycles. The molecule has 134 valence electrons. The van der Waals surface area contributed by atoms with Crippen LogP contribution in [-0.4, -0.2) is 54.2 Å². The number of hydrogen-bond donors (Lipinski definition) is 1. The first-order valence-corrected chi connectivity index (χ1v) is 9.29. The quantitative estimate of drug-likeness (QED) is 0.841. The molecular formula is C22H30N2O. The largest absolute Gasteiger partial charge is 0.390 e. The minimum absolute atomic E-state index is 0.323. The summed E-state index contributed by atoms with van der Waals surface area (Å²) in [6.07, 6.45) is 3.10. The fraction of sp³-hybridized carbons (Fsp3) is 0.455. The SMILES string of the molecule is CN(Cc1ccccc1)CC(O)CN(C)C1CCc2ccccc2C1. The molecule has 2 aromatic carbocycles. The predicted octanol–water partition coefficient (Wildman–Crippen LogP) is 2.97. The third-order valence-electron chi connectivity index (χ3n) is 5.26. The van der Waals surface area contributed by atoms with E-state index < -0.39 is 0 Å². The summed E-state index contributed by atoms with van der Waals surface area (Å²) in [4.78, 5) is 4.54. The molecule has 0 saturated carbocycles.